The van der Waals surface area contributed by atoms with Crippen molar-refractivity contribution in [2.24, 2.45) is 17.8 Å². The summed E-state index contributed by atoms with van der Waals surface area (Å²) in [7, 11) is -0.832. The van der Waals surface area contributed by atoms with Gasteiger partial charge in [0.25, 0.3) is 5.91 Å². The summed E-state index contributed by atoms with van der Waals surface area (Å²) >= 11 is 0. The van der Waals surface area contributed by atoms with Crippen LogP contribution in [0.5, 0.6) is 17.4 Å². The lowest BCUT2D eigenvalue weighted by molar-refractivity contribution is -0.146. The molecule has 1 saturated heterocycles. The molecule has 7 atom stereocenters. The summed E-state index contributed by atoms with van der Waals surface area (Å²) in [5, 5.41) is 13.5. The molecule has 0 unspecified atom stereocenters. The van der Waals surface area contributed by atoms with Gasteiger partial charge in [-0.25, -0.2) is 18.2 Å². The van der Waals surface area contributed by atoms with Crippen molar-refractivity contribution in [3.05, 3.63) is 54.6 Å². The summed E-state index contributed by atoms with van der Waals surface area (Å²) in [5.41, 5.74) is -1.39. The van der Waals surface area contributed by atoms with Gasteiger partial charge in [0.05, 0.1) is 36.9 Å². The van der Waals surface area contributed by atoms with Crippen molar-refractivity contribution in [3.8, 4) is 28.8 Å². The van der Waals surface area contributed by atoms with Gasteiger partial charge in [-0.2, -0.15) is 4.98 Å². The van der Waals surface area contributed by atoms with Gasteiger partial charge in [0.1, 0.15) is 35.2 Å². The van der Waals surface area contributed by atoms with E-state index in [1.165, 1.54) is 9.80 Å². The van der Waals surface area contributed by atoms with E-state index in [0.29, 0.717) is 59.5 Å². The number of carbonyl (C=O) groups is 4. The van der Waals surface area contributed by atoms with Crippen LogP contribution in [0.4, 0.5) is 4.79 Å². The molecule has 4 amide bonds. The zero-order chi connectivity index (χ0) is 44.0. The maximum Gasteiger partial charge on any atom is 0.408 e. The van der Waals surface area contributed by atoms with Crippen LogP contribution in [0.25, 0.3) is 22.3 Å². The standard InChI is InChI=1S/C44H56N6O10S/c1-25-10-8-9-11-28-23-44(28,41(53)48-61(56,57)32-17-18-32)47-38(51)35-22-31(24-49(35)40(52)36(26(2)20-25)50(42(54)55)43(3,4)5)60-39-33-19-16-30(59-7)21-34(33)45-37(46-39)27-12-14-29(58-6)15-13-27/h9,11-16,19,21,25-26,28,31-32,35-36H,8,10,17-18,20,22-24H2,1-7H3,(H,47,51)(H,48,53)(H,54,55)/b11-9-/t25-,26+,28+,31+,35-,36-,44+/m0/s1. The van der Waals surface area contributed by atoms with Crippen LogP contribution in [0, 0.1) is 17.8 Å². The topological polar surface area (TPSA) is 207 Å². The van der Waals surface area contributed by atoms with E-state index < -0.39 is 80.2 Å². The van der Waals surface area contributed by atoms with Crippen LogP contribution >= 0.6 is 0 Å². The van der Waals surface area contributed by atoms with Gasteiger partial charge in [-0.15, -0.1) is 0 Å². The molecule has 61 heavy (non-hydrogen) atoms. The molecule has 4 aliphatic rings. The molecule has 328 valence electrons. The molecule has 16 nitrogen and oxygen atoms in total. The minimum atomic E-state index is -3.95. The van der Waals surface area contributed by atoms with Crippen molar-refractivity contribution in [2.45, 2.75) is 114 Å². The lowest BCUT2D eigenvalue weighted by atomic mass is 9.85. The number of hydrogen-bond acceptors (Lipinski definition) is 11. The first-order chi connectivity index (χ1) is 28.8. The minimum Gasteiger partial charge on any atom is -0.497 e. The lowest BCUT2D eigenvalue weighted by Gasteiger charge is -2.43. The Kier molecular flexibility index (Phi) is 12.0. The van der Waals surface area contributed by atoms with Crippen LogP contribution in [0.15, 0.2) is 54.6 Å². The van der Waals surface area contributed by atoms with Crippen LogP contribution < -0.4 is 24.2 Å². The predicted octanol–water partition coefficient (Wildman–Crippen LogP) is 5.31. The van der Waals surface area contributed by atoms with E-state index in [-0.39, 0.29) is 31.2 Å². The Morgan fingerprint density at radius 2 is 1.67 bits per heavy atom. The number of carbonyl (C=O) groups excluding carboxylic acids is 3. The maximum atomic E-state index is 15.2. The lowest BCUT2D eigenvalue weighted by Crippen LogP contribution is -2.62. The monoisotopic (exact) mass is 860 g/mol. The van der Waals surface area contributed by atoms with Crippen LogP contribution in [-0.2, 0) is 24.4 Å². The van der Waals surface area contributed by atoms with Gasteiger partial charge in [0.2, 0.25) is 27.7 Å². The van der Waals surface area contributed by atoms with Crippen molar-refractivity contribution in [2.75, 3.05) is 20.8 Å². The molecular weight excluding hydrogens is 805 g/mol. The third-order valence-electron chi connectivity index (χ3n) is 12.3. The molecule has 2 saturated carbocycles. The number of ether oxygens (including phenoxy) is 3. The molecule has 0 radical (unpaired) electrons. The molecule has 2 aliphatic carbocycles. The number of aromatic nitrogens is 2. The highest BCUT2D eigenvalue weighted by Gasteiger charge is 2.62. The van der Waals surface area contributed by atoms with Crippen LogP contribution in [-0.4, -0.2) is 112 Å². The van der Waals surface area contributed by atoms with Crippen LogP contribution in [0.1, 0.15) is 79.6 Å². The number of carboxylic acid groups (broad SMARTS) is 1. The Morgan fingerprint density at radius 3 is 2.31 bits per heavy atom. The maximum absolute atomic E-state index is 15.2. The summed E-state index contributed by atoms with van der Waals surface area (Å²) in [4.78, 5) is 69.2. The zero-order valence-electron chi connectivity index (χ0n) is 35.7. The molecule has 3 aromatic rings. The zero-order valence-corrected chi connectivity index (χ0v) is 36.5. The van der Waals surface area contributed by atoms with Crippen molar-refractivity contribution < 1.29 is 46.9 Å². The Labute approximate surface area is 356 Å². The fraction of sp³-hybridized carbons (Fsp3) is 0.545. The molecule has 0 bridgehead atoms. The number of hydrogen-bond donors (Lipinski definition) is 3. The number of nitrogens with zero attached hydrogens (tertiary/aromatic N) is 4. The van der Waals surface area contributed by atoms with Crippen LogP contribution in [0.3, 0.4) is 0 Å². The minimum absolute atomic E-state index is 0.0459. The molecule has 3 N–H and O–H groups in total. The molecule has 2 aromatic carbocycles. The quantitative estimate of drug-likeness (QED) is 0.234. The second-order valence-corrected chi connectivity index (χ2v) is 19.9. The summed E-state index contributed by atoms with van der Waals surface area (Å²) in [6.45, 7) is 8.98. The van der Waals surface area contributed by atoms with E-state index in [4.69, 9.17) is 24.2 Å². The molecule has 2 aliphatic heterocycles. The van der Waals surface area contributed by atoms with E-state index in [1.807, 2.05) is 31.2 Å². The summed E-state index contributed by atoms with van der Waals surface area (Å²) < 4.78 is 45.7. The van der Waals surface area contributed by atoms with E-state index in [0.717, 1.165) is 6.42 Å². The number of benzene rings is 2. The summed E-state index contributed by atoms with van der Waals surface area (Å²) in [6.07, 6.45) is 4.58. The van der Waals surface area contributed by atoms with Gasteiger partial charge < -0.3 is 29.5 Å². The first-order valence-electron chi connectivity index (χ1n) is 20.9. The third kappa shape index (κ3) is 9.12. The Balaban J connectivity index is 1.29. The molecule has 3 heterocycles. The highest BCUT2D eigenvalue weighted by atomic mass is 32.2. The van der Waals surface area contributed by atoms with Gasteiger partial charge in [0.15, 0.2) is 5.82 Å². The van der Waals surface area contributed by atoms with Crippen molar-refractivity contribution >= 4 is 44.7 Å². The third-order valence-corrected chi connectivity index (χ3v) is 14.1. The van der Waals surface area contributed by atoms with Gasteiger partial charge in [-0.05, 0) is 108 Å². The molecule has 3 fully saturated rings. The molecular formula is C44H56N6O10S. The van der Waals surface area contributed by atoms with Gasteiger partial charge >= 0.3 is 6.09 Å². The average molecular weight is 861 g/mol. The highest BCUT2D eigenvalue weighted by molar-refractivity contribution is 7.91. The normalized spacial score (nSPS) is 27.7. The van der Waals surface area contributed by atoms with E-state index in [9.17, 15) is 27.9 Å². The van der Waals surface area contributed by atoms with Gasteiger partial charge in [0, 0.05) is 29.5 Å². The number of methoxy groups -OCH3 is 2. The van der Waals surface area contributed by atoms with Gasteiger partial charge in [-0.1, -0.05) is 26.0 Å². The van der Waals surface area contributed by atoms with Crippen molar-refractivity contribution in [3.63, 3.8) is 0 Å². The fourth-order valence-corrected chi connectivity index (χ4v) is 10.2. The molecule has 17 heteroatoms. The predicted molar refractivity (Wildman–Crippen MR) is 226 cm³/mol. The van der Waals surface area contributed by atoms with Crippen molar-refractivity contribution in [1.82, 2.24) is 29.8 Å². The summed E-state index contributed by atoms with van der Waals surface area (Å²) in [6, 6.07) is 10.0. The van der Waals surface area contributed by atoms with Crippen molar-refractivity contribution in [1.29, 1.82) is 0 Å². The van der Waals surface area contributed by atoms with Gasteiger partial charge in [-0.3, -0.25) is 24.0 Å². The fourth-order valence-electron chi connectivity index (χ4n) is 8.79. The number of amides is 4. The van der Waals surface area contributed by atoms with E-state index in [1.54, 1.807) is 65.3 Å². The molecule has 0 spiro atoms. The number of fused-ring (bicyclic) bond motifs is 3. The number of allylic oxidation sites excluding steroid dienone is 1. The second-order valence-electron chi connectivity index (χ2n) is 18.0. The number of rotatable bonds is 9. The Morgan fingerprint density at radius 1 is 0.984 bits per heavy atom. The smallest absolute Gasteiger partial charge is 0.408 e. The highest BCUT2D eigenvalue weighted by Crippen LogP contribution is 2.46. The number of sulfonamides is 1. The second kappa shape index (κ2) is 16.8. The average Bonchev–Trinajstić information content (AvgIpc) is 4.14. The summed E-state index contributed by atoms with van der Waals surface area (Å²) in [5.74, 6) is -1.21. The van der Waals surface area contributed by atoms with E-state index in [2.05, 4.69) is 17.0 Å². The Bertz CT molecular complexity index is 2330. The SMILES string of the molecule is COc1ccc(-c2nc(O[C@@H]3C[C@H]4C(=O)N[C@]5(C(=O)NS(=O)(=O)C6CC6)C[C@H]5/C=C\CC[C@H](C)C[C@@H](C)[C@H](N(C(=O)O)C(C)(C)C)C(=O)N4C3)c3ccc(OC)cc3n2)cc1. The van der Waals surface area contributed by atoms with Crippen LogP contribution in [0.2, 0.25) is 0 Å². The number of nitrogens with one attached hydrogen (secondary N) is 2. The molecule has 1 aromatic heterocycles. The first-order valence-corrected chi connectivity index (χ1v) is 22.4. The Hall–Kier alpha value is -5.45. The first kappa shape index (κ1) is 43.6. The van der Waals surface area contributed by atoms with E-state index >= 15 is 4.79 Å². The largest absolute Gasteiger partial charge is 0.497 e. The molecule has 7 rings (SSSR count).